The second kappa shape index (κ2) is 7.95. The molecule has 1 aliphatic carbocycles. The minimum Gasteiger partial charge on any atom is -0.393 e. The van der Waals surface area contributed by atoms with Crippen molar-refractivity contribution in [3.63, 3.8) is 0 Å². The van der Waals surface area contributed by atoms with Gasteiger partial charge < -0.3 is 16.4 Å². The van der Waals surface area contributed by atoms with Crippen molar-refractivity contribution in [3.05, 3.63) is 42.0 Å². The average molecular weight is 329 g/mol. The maximum Gasteiger partial charge on any atom is 0.155 e. The van der Waals surface area contributed by atoms with Crippen molar-refractivity contribution in [2.24, 2.45) is 0 Å². The van der Waals surface area contributed by atoms with E-state index in [-0.39, 0.29) is 5.82 Å². The van der Waals surface area contributed by atoms with Crippen LogP contribution in [0.2, 0.25) is 0 Å². The zero-order valence-corrected chi connectivity index (χ0v) is 13.8. The first kappa shape index (κ1) is 16.5. The van der Waals surface area contributed by atoms with Gasteiger partial charge in [-0.05, 0) is 30.5 Å². The van der Waals surface area contributed by atoms with Crippen molar-refractivity contribution >= 4 is 17.3 Å². The van der Waals surface area contributed by atoms with E-state index in [0.717, 1.165) is 18.4 Å². The van der Waals surface area contributed by atoms with Gasteiger partial charge in [0.1, 0.15) is 17.8 Å². The Morgan fingerprint density at radius 2 is 1.67 bits per heavy atom. The summed E-state index contributed by atoms with van der Waals surface area (Å²) in [5, 5.41) is 6.67. The third kappa shape index (κ3) is 4.34. The summed E-state index contributed by atoms with van der Waals surface area (Å²) in [6, 6.07) is 6.79. The maximum atomic E-state index is 12.9. The molecular weight excluding hydrogens is 305 g/mol. The quantitative estimate of drug-likeness (QED) is 0.724. The zero-order chi connectivity index (χ0) is 16.8. The molecule has 3 rings (SSSR count). The minimum atomic E-state index is -0.241. The second-order valence-electron chi connectivity index (χ2n) is 6.30. The van der Waals surface area contributed by atoms with Crippen molar-refractivity contribution in [1.29, 1.82) is 0 Å². The van der Waals surface area contributed by atoms with Gasteiger partial charge in [-0.1, -0.05) is 37.8 Å². The standard InChI is InChI=1S/C18H24FN5/c19-14-9-7-13(8-10-14)11-21-17-16(20)18(23-12-22-17)24-15-5-3-1-2-4-6-15/h7-10,12,15H,1-6,11,20H2,(H2,21,22,23,24). The van der Waals surface area contributed by atoms with Gasteiger partial charge in [-0.15, -0.1) is 0 Å². The number of nitrogen functional groups attached to an aromatic ring is 1. The highest BCUT2D eigenvalue weighted by molar-refractivity contribution is 5.74. The second-order valence-corrected chi connectivity index (χ2v) is 6.30. The molecule has 1 aromatic carbocycles. The van der Waals surface area contributed by atoms with E-state index >= 15 is 0 Å². The molecule has 0 bridgehead atoms. The lowest BCUT2D eigenvalue weighted by molar-refractivity contribution is 0.618. The first-order valence-corrected chi connectivity index (χ1v) is 8.57. The van der Waals surface area contributed by atoms with Gasteiger partial charge in [-0.2, -0.15) is 0 Å². The van der Waals surface area contributed by atoms with Crippen LogP contribution >= 0.6 is 0 Å². The van der Waals surface area contributed by atoms with Gasteiger partial charge in [0.05, 0.1) is 0 Å². The third-order valence-electron chi connectivity index (χ3n) is 4.45. The van der Waals surface area contributed by atoms with Gasteiger partial charge in [0.25, 0.3) is 0 Å². The summed E-state index contributed by atoms with van der Waals surface area (Å²) in [6.45, 7) is 0.532. The van der Waals surface area contributed by atoms with E-state index in [9.17, 15) is 4.39 Å². The SMILES string of the molecule is Nc1c(NCc2ccc(F)cc2)ncnc1NC1CCCCCC1. The van der Waals surface area contributed by atoms with Crippen LogP contribution < -0.4 is 16.4 Å². The highest BCUT2D eigenvalue weighted by Crippen LogP contribution is 2.26. The molecule has 2 aromatic rings. The van der Waals surface area contributed by atoms with E-state index in [1.165, 1.54) is 44.1 Å². The largest absolute Gasteiger partial charge is 0.393 e. The summed E-state index contributed by atoms with van der Waals surface area (Å²) in [6.07, 6.45) is 8.94. The molecule has 1 fully saturated rings. The number of benzene rings is 1. The number of hydrogen-bond acceptors (Lipinski definition) is 5. The molecule has 1 aliphatic rings. The minimum absolute atomic E-state index is 0.241. The van der Waals surface area contributed by atoms with Gasteiger partial charge >= 0.3 is 0 Å². The number of rotatable bonds is 5. The van der Waals surface area contributed by atoms with E-state index < -0.39 is 0 Å². The van der Waals surface area contributed by atoms with Gasteiger partial charge in [-0.3, -0.25) is 0 Å². The predicted octanol–water partition coefficient (Wildman–Crippen LogP) is 3.94. The average Bonchev–Trinajstić information content (AvgIpc) is 2.86. The Labute approximate surface area is 141 Å². The summed E-state index contributed by atoms with van der Waals surface area (Å²) in [5.41, 5.74) is 7.71. The summed E-state index contributed by atoms with van der Waals surface area (Å²) < 4.78 is 12.9. The normalized spacial score (nSPS) is 15.7. The molecular formula is C18H24FN5. The van der Waals surface area contributed by atoms with Crippen molar-refractivity contribution in [2.75, 3.05) is 16.4 Å². The summed E-state index contributed by atoms with van der Waals surface area (Å²) in [7, 11) is 0. The van der Waals surface area contributed by atoms with Crippen LogP contribution in [0.15, 0.2) is 30.6 Å². The van der Waals surface area contributed by atoms with Crippen molar-refractivity contribution in [1.82, 2.24) is 9.97 Å². The predicted molar refractivity (Wildman–Crippen MR) is 95.3 cm³/mol. The third-order valence-corrected chi connectivity index (χ3v) is 4.45. The topological polar surface area (TPSA) is 75.9 Å². The van der Waals surface area contributed by atoms with E-state index in [1.54, 1.807) is 12.1 Å². The Morgan fingerprint density at radius 3 is 2.38 bits per heavy atom. The van der Waals surface area contributed by atoms with Crippen LogP contribution in [0.3, 0.4) is 0 Å². The van der Waals surface area contributed by atoms with Crippen LogP contribution in [0.1, 0.15) is 44.1 Å². The molecule has 1 heterocycles. The molecule has 4 N–H and O–H groups in total. The van der Waals surface area contributed by atoms with Gasteiger partial charge in [0.15, 0.2) is 11.6 Å². The molecule has 0 spiro atoms. The lowest BCUT2D eigenvalue weighted by Crippen LogP contribution is -2.20. The summed E-state index contributed by atoms with van der Waals surface area (Å²) in [5.74, 6) is 1.05. The maximum absolute atomic E-state index is 12.9. The molecule has 0 aliphatic heterocycles. The highest BCUT2D eigenvalue weighted by Gasteiger charge is 2.15. The lowest BCUT2D eigenvalue weighted by atomic mass is 10.1. The first-order valence-electron chi connectivity index (χ1n) is 8.57. The van der Waals surface area contributed by atoms with E-state index in [2.05, 4.69) is 20.6 Å². The van der Waals surface area contributed by atoms with Crippen molar-refractivity contribution < 1.29 is 4.39 Å². The van der Waals surface area contributed by atoms with Crippen molar-refractivity contribution in [3.8, 4) is 0 Å². The fraction of sp³-hybridized carbons (Fsp3) is 0.444. The van der Waals surface area contributed by atoms with Gasteiger partial charge in [0, 0.05) is 12.6 Å². The fourth-order valence-corrected chi connectivity index (χ4v) is 3.06. The number of nitrogens with zero attached hydrogens (tertiary/aromatic N) is 2. The Hall–Kier alpha value is -2.37. The number of aromatic nitrogens is 2. The number of hydrogen-bond donors (Lipinski definition) is 3. The molecule has 0 saturated heterocycles. The fourth-order valence-electron chi connectivity index (χ4n) is 3.06. The van der Waals surface area contributed by atoms with E-state index in [4.69, 9.17) is 5.73 Å². The molecule has 128 valence electrons. The highest BCUT2D eigenvalue weighted by atomic mass is 19.1. The molecule has 0 amide bonds. The van der Waals surface area contributed by atoms with Crippen LogP contribution in [-0.4, -0.2) is 16.0 Å². The van der Waals surface area contributed by atoms with Crippen LogP contribution in [0.25, 0.3) is 0 Å². The Bertz CT molecular complexity index is 651. The molecule has 5 nitrogen and oxygen atoms in total. The van der Waals surface area contributed by atoms with Crippen LogP contribution in [0.5, 0.6) is 0 Å². The van der Waals surface area contributed by atoms with Crippen LogP contribution in [-0.2, 0) is 6.54 Å². The van der Waals surface area contributed by atoms with Crippen molar-refractivity contribution in [2.45, 2.75) is 51.1 Å². The number of anilines is 3. The molecule has 0 atom stereocenters. The summed E-state index contributed by atoms with van der Waals surface area (Å²) >= 11 is 0. The smallest absolute Gasteiger partial charge is 0.155 e. The van der Waals surface area contributed by atoms with Crippen LogP contribution in [0.4, 0.5) is 21.7 Å². The van der Waals surface area contributed by atoms with Gasteiger partial charge in [0.2, 0.25) is 0 Å². The Kier molecular flexibility index (Phi) is 5.46. The molecule has 0 unspecified atom stereocenters. The zero-order valence-electron chi connectivity index (χ0n) is 13.8. The van der Waals surface area contributed by atoms with Gasteiger partial charge in [-0.25, -0.2) is 14.4 Å². The van der Waals surface area contributed by atoms with E-state index in [1.807, 2.05) is 0 Å². The molecule has 1 saturated carbocycles. The van der Waals surface area contributed by atoms with Crippen LogP contribution in [0, 0.1) is 5.82 Å². The number of nitrogens with two attached hydrogens (primary N) is 1. The van der Waals surface area contributed by atoms with E-state index in [0.29, 0.717) is 29.9 Å². The number of halogens is 1. The lowest BCUT2D eigenvalue weighted by Gasteiger charge is -2.19. The molecule has 1 aromatic heterocycles. The first-order chi connectivity index (χ1) is 11.7. The Balaban J connectivity index is 1.64. The molecule has 0 radical (unpaired) electrons. The Morgan fingerprint density at radius 1 is 1.00 bits per heavy atom. The molecule has 24 heavy (non-hydrogen) atoms. The molecule has 6 heteroatoms. The summed E-state index contributed by atoms with van der Waals surface area (Å²) in [4.78, 5) is 8.52. The number of nitrogens with one attached hydrogen (secondary N) is 2. The monoisotopic (exact) mass is 329 g/mol.